The Balaban J connectivity index is 1.75. The Labute approximate surface area is 168 Å². The van der Waals surface area contributed by atoms with Gasteiger partial charge in [-0.15, -0.1) is 0 Å². The molecule has 1 heterocycles. The van der Waals surface area contributed by atoms with Crippen LogP contribution >= 0.6 is 0 Å². The quantitative estimate of drug-likeness (QED) is 0.468. The SMILES string of the molecule is CCNC(=NCc1cc(C)ccc1OC(F)F)NCc1nc2ccccc2n1C. The summed E-state index contributed by atoms with van der Waals surface area (Å²) < 4.78 is 32.0. The molecule has 0 aliphatic carbocycles. The van der Waals surface area contributed by atoms with Gasteiger partial charge in [-0.3, -0.25) is 0 Å². The third kappa shape index (κ3) is 5.22. The van der Waals surface area contributed by atoms with Crippen LogP contribution in [0.5, 0.6) is 5.75 Å². The molecule has 0 unspecified atom stereocenters. The zero-order chi connectivity index (χ0) is 20.8. The van der Waals surface area contributed by atoms with E-state index >= 15 is 0 Å². The van der Waals surface area contributed by atoms with E-state index in [1.54, 1.807) is 18.2 Å². The molecule has 1 aromatic heterocycles. The highest BCUT2D eigenvalue weighted by Crippen LogP contribution is 2.23. The van der Waals surface area contributed by atoms with Crippen molar-refractivity contribution in [2.75, 3.05) is 6.54 Å². The van der Waals surface area contributed by atoms with E-state index < -0.39 is 6.61 Å². The minimum absolute atomic E-state index is 0.139. The average Bonchev–Trinajstić information content (AvgIpc) is 3.01. The maximum absolute atomic E-state index is 12.7. The Hall–Kier alpha value is -3.16. The molecule has 0 saturated carbocycles. The maximum atomic E-state index is 12.7. The van der Waals surface area contributed by atoms with E-state index in [-0.39, 0.29) is 12.3 Å². The summed E-state index contributed by atoms with van der Waals surface area (Å²) in [6.45, 7) is 2.35. The molecular formula is C21H25F2N5O. The van der Waals surface area contributed by atoms with Crippen molar-refractivity contribution in [3.8, 4) is 5.75 Å². The smallest absolute Gasteiger partial charge is 0.387 e. The Bertz CT molecular complexity index is 1000. The molecule has 0 bridgehead atoms. The van der Waals surface area contributed by atoms with Crippen LogP contribution < -0.4 is 15.4 Å². The summed E-state index contributed by atoms with van der Waals surface area (Å²) in [5, 5.41) is 6.41. The van der Waals surface area contributed by atoms with Gasteiger partial charge in [0.15, 0.2) is 5.96 Å². The first kappa shape index (κ1) is 20.6. The molecule has 29 heavy (non-hydrogen) atoms. The number of rotatable bonds is 7. The van der Waals surface area contributed by atoms with Crippen LogP contribution in [-0.2, 0) is 20.1 Å². The topological polar surface area (TPSA) is 63.5 Å². The molecule has 0 radical (unpaired) electrons. The number of ether oxygens (including phenoxy) is 1. The molecule has 0 saturated heterocycles. The molecule has 2 N–H and O–H groups in total. The average molecular weight is 401 g/mol. The van der Waals surface area contributed by atoms with Crippen LogP contribution in [0.3, 0.4) is 0 Å². The second-order valence-electron chi connectivity index (χ2n) is 6.61. The van der Waals surface area contributed by atoms with Gasteiger partial charge in [-0.05, 0) is 32.0 Å². The minimum Gasteiger partial charge on any atom is -0.434 e. The van der Waals surface area contributed by atoms with Crippen molar-refractivity contribution in [3.05, 3.63) is 59.4 Å². The number of alkyl halides is 2. The number of halogens is 2. The fraction of sp³-hybridized carbons (Fsp3) is 0.333. The highest BCUT2D eigenvalue weighted by Gasteiger charge is 2.11. The van der Waals surface area contributed by atoms with Crippen molar-refractivity contribution in [3.63, 3.8) is 0 Å². The normalized spacial score (nSPS) is 11.9. The number of imidazole rings is 1. The number of nitrogens with zero attached hydrogens (tertiary/aromatic N) is 3. The summed E-state index contributed by atoms with van der Waals surface area (Å²) in [6.07, 6.45) is 0. The van der Waals surface area contributed by atoms with Gasteiger partial charge >= 0.3 is 6.61 Å². The van der Waals surface area contributed by atoms with Crippen LogP contribution in [0.4, 0.5) is 8.78 Å². The molecule has 0 fully saturated rings. The second kappa shape index (κ2) is 9.36. The van der Waals surface area contributed by atoms with E-state index in [1.807, 2.05) is 49.7 Å². The number of hydrogen-bond acceptors (Lipinski definition) is 3. The first-order valence-corrected chi connectivity index (χ1v) is 9.44. The number of aromatic nitrogens is 2. The fourth-order valence-electron chi connectivity index (χ4n) is 3.07. The lowest BCUT2D eigenvalue weighted by molar-refractivity contribution is -0.0504. The Kier molecular flexibility index (Phi) is 6.64. The predicted molar refractivity (Wildman–Crippen MR) is 110 cm³/mol. The highest BCUT2D eigenvalue weighted by atomic mass is 19.3. The largest absolute Gasteiger partial charge is 0.434 e. The van der Waals surface area contributed by atoms with Crippen molar-refractivity contribution in [1.82, 2.24) is 20.2 Å². The lowest BCUT2D eigenvalue weighted by atomic mass is 10.1. The lowest BCUT2D eigenvalue weighted by Crippen LogP contribution is -2.37. The molecule has 0 aliphatic heterocycles. The standard InChI is InChI=1S/C21H25F2N5O/c1-4-24-21(25-12-15-11-14(2)9-10-18(15)29-20(22)23)26-13-19-27-16-7-5-6-8-17(16)28(19)3/h5-11,20H,4,12-13H2,1-3H3,(H2,24,25,26). The number of para-hydroxylation sites is 2. The fourth-order valence-corrected chi connectivity index (χ4v) is 3.07. The maximum Gasteiger partial charge on any atom is 0.387 e. The summed E-state index contributed by atoms with van der Waals surface area (Å²) in [7, 11) is 1.97. The van der Waals surface area contributed by atoms with Crippen LogP contribution in [0.25, 0.3) is 11.0 Å². The van der Waals surface area contributed by atoms with E-state index in [1.165, 1.54) is 0 Å². The summed E-state index contributed by atoms with van der Waals surface area (Å²) in [5.41, 5.74) is 3.54. The minimum atomic E-state index is -2.87. The van der Waals surface area contributed by atoms with E-state index in [2.05, 4.69) is 25.3 Å². The van der Waals surface area contributed by atoms with E-state index in [0.717, 1.165) is 22.4 Å². The summed E-state index contributed by atoms with van der Waals surface area (Å²) in [5.74, 6) is 1.58. The van der Waals surface area contributed by atoms with Crippen LogP contribution in [0.2, 0.25) is 0 Å². The molecule has 0 aliphatic rings. The van der Waals surface area contributed by atoms with E-state index in [0.29, 0.717) is 24.6 Å². The van der Waals surface area contributed by atoms with E-state index in [4.69, 9.17) is 0 Å². The highest BCUT2D eigenvalue weighted by molar-refractivity contribution is 5.80. The van der Waals surface area contributed by atoms with Gasteiger partial charge in [0.25, 0.3) is 0 Å². The number of hydrogen-bond donors (Lipinski definition) is 2. The van der Waals surface area contributed by atoms with Crippen molar-refractivity contribution in [2.45, 2.75) is 33.5 Å². The number of guanidine groups is 1. The predicted octanol–water partition coefficient (Wildman–Crippen LogP) is 3.74. The van der Waals surface area contributed by atoms with Crippen LogP contribution in [0.1, 0.15) is 23.9 Å². The first-order chi connectivity index (χ1) is 14.0. The molecule has 3 rings (SSSR count). The molecular weight excluding hydrogens is 376 g/mol. The van der Waals surface area contributed by atoms with Gasteiger partial charge in [-0.1, -0.05) is 29.8 Å². The Morgan fingerprint density at radius 3 is 2.72 bits per heavy atom. The molecule has 8 heteroatoms. The Morgan fingerprint density at radius 2 is 2.00 bits per heavy atom. The number of benzene rings is 2. The zero-order valence-electron chi connectivity index (χ0n) is 16.7. The summed E-state index contributed by atoms with van der Waals surface area (Å²) in [6, 6.07) is 13.0. The van der Waals surface area contributed by atoms with Gasteiger partial charge < -0.3 is 19.9 Å². The molecule has 2 aromatic carbocycles. The number of aliphatic imine (C=N–C) groups is 1. The molecule has 154 valence electrons. The van der Waals surface area contributed by atoms with Crippen molar-refractivity contribution < 1.29 is 13.5 Å². The van der Waals surface area contributed by atoms with Crippen molar-refractivity contribution in [2.24, 2.45) is 12.0 Å². The molecule has 0 amide bonds. The Morgan fingerprint density at radius 1 is 1.21 bits per heavy atom. The zero-order valence-corrected chi connectivity index (χ0v) is 16.7. The van der Waals surface area contributed by atoms with Crippen molar-refractivity contribution in [1.29, 1.82) is 0 Å². The second-order valence-corrected chi connectivity index (χ2v) is 6.61. The van der Waals surface area contributed by atoms with Crippen molar-refractivity contribution >= 4 is 17.0 Å². The number of aryl methyl sites for hydroxylation is 2. The molecule has 0 atom stereocenters. The number of nitrogens with one attached hydrogen (secondary N) is 2. The third-order valence-corrected chi connectivity index (χ3v) is 4.48. The third-order valence-electron chi connectivity index (χ3n) is 4.48. The lowest BCUT2D eigenvalue weighted by Gasteiger charge is -2.13. The summed E-state index contributed by atoms with van der Waals surface area (Å²) in [4.78, 5) is 9.16. The number of fused-ring (bicyclic) bond motifs is 1. The van der Waals surface area contributed by atoms with Gasteiger partial charge in [0.2, 0.25) is 0 Å². The van der Waals surface area contributed by atoms with E-state index in [9.17, 15) is 8.78 Å². The van der Waals surface area contributed by atoms with Gasteiger partial charge in [-0.25, -0.2) is 9.98 Å². The molecule has 6 nitrogen and oxygen atoms in total. The van der Waals surface area contributed by atoms with Crippen LogP contribution in [0, 0.1) is 6.92 Å². The van der Waals surface area contributed by atoms with Gasteiger partial charge in [-0.2, -0.15) is 8.78 Å². The van der Waals surface area contributed by atoms with Crippen LogP contribution in [-0.4, -0.2) is 28.7 Å². The van der Waals surface area contributed by atoms with Gasteiger partial charge in [0, 0.05) is 19.2 Å². The van der Waals surface area contributed by atoms with Gasteiger partial charge in [0.05, 0.1) is 24.1 Å². The van der Waals surface area contributed by atoms with Gasteiger partial charge in [0.1, 0.15) is 11.6 Å². The molecule has 3 aromatic rings. The summed E-state index contributed by atoms with van der Waals surface area (Å²) >= 11 is 0. The monoisotopic (exact) mass is 401 g/mol. The first-order valence-electron chi connectivity index (χ1n) is 9.44. The molecule has 0 spiro atoms. The van der Waals surface area contributed by atoms with Crippen LogP contribution in [0.15, 0.2) is 47.5 Å².